The van der Waals surface area contributed by atoms with E-state index in [2.05, 4.69) is 6.92 Å². The average molecular weight is 366 g/mol. The summed E-state index contributed by atoms with van der Waals surface area (Å²) in [6, 6.07) is 0. The zero-order valence-electron chi connectivity index (χ0n) is 16.0. The highest BCUT2D eigenvalue weighted by atomic mass is 16.5. The highest BCUT2D eigenvalue weighted by Crippen LogP contribution is 2.08. The molecule has 25 heavy (non-hydrogen) atoms. The molecule has 7 heteroatoms. The van der Waals surface area contributed by atoms with Crippen LogP contribution in [0.15, 0.2) is 0 Å². The summed E-state index contributed by atoms with van der Waals surface area (Å²) in [4.78, 5) is 10.2. The van der Waals surface area contributed by atoms with Gasteiger partial charge in [0.05, 0.1) is 12.7 Å². The van der Waals surface area contributed by atoms with Crippen molar-refractivity contribution in [2.24, 2.45) is 0 Å². The van der Waals surface area contributed by atoms with Gasteiger partial charge in [0, 0.05) is 19.7 Å². The standard InChI is InChI=1S/C17H37NO4.CH2O2/c1-3-5-6-7-8-9-10-11-12-22-15-16(19)13-18(4-2)14-17(20)21;2-1-3/h16-17,19-21H,3-15H2,1-2H3;1H,(H,2,3). The van der Waals surface area contributed by atoms with Crippen molar-refractivity contribution in [2.75, 3.05) is 32.8 Å². The fraction of sp³-hybridized carbons (Fsp3) is 0.944. The summed E-state index contributed by atoms with van der Waals surface area (Å²) >= 11 is 0. The highest BCUT2D eigenvalue weighted by Gasteiger charge is 2.12. The van der Waals surface area contributed by atoms with Gasteiger partial charge in [0.25, 0.3) is 6.47 Å². The molecule has 0 spiro atoms. The first-order chi connectivity index (χ1) is 12.0. The third-order valence-corrected chi connectivity index (χ3v) is 3.79. The van der Waals surface area contributed by atoms with E-state index in [4.69, 9.17) is 24.9 Å². The van der Waals surface area contributed by atoms with Gasteiger partial charge < -0.3 is 25.2 Å². The number of aliphatic hydroxyl groups excluding tert-OH is 2. The molecule has 0 bridgehead atoms. The van der Waals surface area contributed by atoms with E-state index in [-0.39, 0.29) is 13.0 Å². The number of unbranched alkanes of at least 4 members (excludes halogenated alkanes) is 7. The fourth-order valence-electron chi connectivity index (χ4n) is 2.47. The molecular formula is C18H39NO6. The Bertz CT molecular complexity index is 266. The Morgan fingerprint density at radius 2 is 1.44 bits per heavy atom. The van der Waals surface area contributed by atoms with Crippen LogP contribution in [-0.4, -0.2) is 77.0 Å². The van der Waals surface area contributed by atoms with Gasteiger partial charge in [-0.05, 0) is 13.0 Å². The summed E-state index contributed by atoms with van der Waals surface area (Å²) < 4.78 is 5.49. The molecule has 0 amide bonds. The maximum Gasteiger partial charge on any atom is 0.290 e. The van der Waals surface area contributed by atoms with Crippen LogP contribution < -0.4 is 0 Å². The third kappa shape index (κ3) is 23.3. The van der Waals surface area contributed by atoms with Gasteiger partial charge in [0.15, 0.2) is 6.29 Å². The lowest BCUT2D eigenvalue weighted by Crippen LogP contribution is -2.39. The summed E-state index contributed by atoms with van der Waals surface area (Å²) in [6.45, 7) is 6.16. The first-order valence-electron chi connectivity index (χ1n) is 9.43. The molecular weight excluding hydrogens is 326 g/mol. The minimum atomic E-state index is -1.36. The molecule has 0 aliphatic rings. The number of carbonyl (C=O) groups is 1. The van der Waals surface area contributed by atoms with Crippen LogP contribution in [0.4, 0.5) is 0 Å². The molecule has 0 saturated carbocycles. The van der Waals surface area contributed by atoms with E-state index in [1.165, 1.54) is 44.9 Å². The molecule has 7 nitrogen and oxygen atoms in total. The lowest BCUT2D eigenvalue weighted by Gasteiger charge is -2.24. The molecule has 0 fully saturated rings. The average Bonchev–Trinajstić information content (AvgIpc) is 2.56. The van der Waals surface area contributed by atoms with Crippen molar-refractivity contribution in [3.63, 3.8) is 0 Å². The van der Waals surface area contributed by atoms with Crippen LogP contribution in [-0.2, 0) is 9.53 Å². The topological polar surface area (TPSA) is 110 Å². The van der Waals surface area contributed by atoms with Crippen LogP contribution in [0.25, 0.3) is 0 Å². The van der Waals surface area contributed by atoms with Crippen molar-refractivity contribution >= 4 is 6.47 Å². The molecule has 1 atom stereocenters. The van der Waals surface area contributed by atoms with Gasteiger partial charge in [0.1, 0.15) is 0 Å². The van der Waals surface area contributed by atoms with E-state index < -0.39 is 12.4 Å². The van der Waals surface area contributed by atoms with Crippen molar-refractivity contribution in [3.05, 3.63) is 0 Å². The van der Waals surface area contributed by atoms with E-state index in [1.54, 1.807) is 4.90 Å². The molecule has 0 aliphatic carbocycles. The maximum atomic E-state index is 9.86. The molecule has 0 aromatic heterocycles. The van der Waals surface area contributed by atoms with Crippen LogP contribution >= 0.6 is 0 Å². The van der Waals surface area contributed by atoms with E-state index in [0.717, 1.165) is 6.42 Å². The van der Waals surface area contributed by atoms with E-state index in [9.17, 15) is 5.11 Å². The van der Waals surface area contributed by atoms with Gasteiger partial charge >= 0.3 is 0 Å². The summed E-state index contributed by atoms with van der Waals surface area (Å²) in [5, 5.41) is 34.6. The molecule has 0 radical (unpaired) electrons. The number of carboxylic acid groups (broad SMARTS) is 1. The number of nitrogens with zero attached hydrogens (tertiary/aromatic N) is 1. The van der Waals surface area contributed by atoms with Gasteiger partial charge in [-0.25, -0.2) is 0 Å². The van der Waals surface area contributed by atoms with Gasteiger partial charge in [-0.1, -0.05) is 58.8 Å². The number of hydrogen-bond acceptors (Lipinski definition) is 6. The van der Waals surface area contributed by atoms with Gasteiger partial charge in [-0.15, -0.1) is 0 Å². The number of ether oxygens (including phenoxy) is 1. The summed E-state index contributed by atoms with van der Waals surface area (Å²) in [5.41, 5.74) is 0. The summed E-state index contributed by atoms with van der Waals surface area (Å²) in [6.07, 6.45) is 8.25. The summed E-state index contributed by atoms with van der Waals surface area (Å²) in [5.74, 6) is 0. The Balaban J connectivity index is 0. The molecule has 152 valence electrons. The molecule has 0 rings (SSSR count). The minimum absolute atomic E-state index is 0.158. The number of hydrogen-bond donors (Lipinski definition) is 4. The number of likely N-dealkylation sites (N-methyl/N-ethyl adjacent to an activating group) is 1. The summed E-state index contributed by atoms with van der Waals surface area (Å²) in [7, 11) is 0. The van der Waals surface area contributed by atoms with Crippen molar-refractivity contribution in [1.82, 2.24) is 4.90 Å². The quantitative estimate of drug-likeness (QED) is 0.188. The zero-order chi connectivity index (χ0) is 19.3. The molecule has 0 heterocycles. The molecule has 0 aliphatic heterocycles. The Labute approximate surface area is 152 Å². The smallest absolute Gasteiger partial charge is 0.290 e. The first kappa shape index (κ1) is 26.5. The van der Waals surface area contributed by atoms with Crippen molar-refractivity contribution in [2.45, 2.75) is 77.6 Å². The Morgan fingerprint density at radius 3 is 1.92 bits per heavy atom. The second-order valence-electron chi connectivity index (χ2n) is 6.14. The largest absolute Gasteiger partial charge is 0.483 e. The van der Waals surface area contributed by atoms with Crippen molar-refractivity contribution < 1.29 is 30.0 Å². The van der Waals surface area contributed by atoms with E-state index >= 15 is 0 Å². The lowest BCUT2D eigenvalue weighted by atomic mass is 10.1. The Kier molecular flexibility index (Phi) is 22.6. The van der Waals surface area contributed by atoms with Crippen LogP contribution in [0.3, 0.4) is 0 Å². The van der Waals surface area contributed by atoms with Crippen LogP contribution in [0.5, 0.6) is 0 Å². The molecule has 0 aromatic rings. The predicted octanol–water partition coefficient (Wildman–Crippen LogP) is 1.84. The van der Waals surface area contributed by atoms with Crippen molar-refractivity contribution in [3.8, 4) is 0 Å². The molecule has 1 unspecified atom stereocenters. The number of aliphatic hydroxyl groups is 3. The SMILES string of the molecule is CCCCCCCCCCOCC(O)CN(CC)CC(O)O.O=CO. The predicted molar refractivity (Wildman–Crippen MR) is 98.5 cm³/mol. The molecule has 0 saturated heterocycles. The van der Waals surface area contributed by atoms with Crippen LogP contribution in [0.2, 0.25) is 0 Å². The maximum absolute atomic E-state index is 9.86. The van der Waals surface area contributed by atoms with Crippen molar-refractivity contribution in [1.29, 1.82) is 0 Å². The van der Waals surface area contributed by atoms with Crippen LogP contribution in [0, 0.1) is 0 Å². The third-order valence-electron chi connectivity index (χ3n) is 3.79. The zero-order valence-corrected chi connectivity index (χ0v) is 16.0. The number of rotatable bonds is 16. The van der Waals surface area contributed by atoms with E-state index in [1.807, 2.05) is 6.92 Å². The Hall–Kier alpha value is -0.730. The fourth-order valence-corrected chi connectivity index (χ4v) is 2.47. The minimum Gasteiger partial charge on any atom is -0.483 e. The van der Waals surface area contributed by atoms with E-state index in [0.29, 0.717) is 26.3 Å². The normalized spacial score (nSPS) is 12.1. The highest BCUT2D eigenvalue weighted by molar-refractivity contribution is 5.32. The first-order valence-corrected chi connectivity index (χ1v) is 9.43. The van der Waals surface area contributed by atoms with Gasteiger partial charge in [-0.2, -0.15) is 0 Å². The van der Waals surface area contributed by atoms with Crippen LogP contribution in [0.1, 0.15) is 65.2 Å². The monoisotopic (exact) mass is 365 g/mol. The second kappa shape index (κ2) is 21.3. The molecule has 0 aromatic carbocycles. The lowest BCUT2D eigenvalue weighted by molar-refractivity contribution is -0.122. The van der Waals surface area contributed by atoms with Gasteiger partial charge in [0.2, 0.25) is 0 Å². The molecule has 4 N–H and O–H groups in total. The van der Waals surface area contributed by atoms with Gasteiger partial charge in [-0.3, -0.25) is 9.69 Å². The Morgan fingerprint density at radius 1 is 0.920 bits per heavy atom. The second-order valence-corrected chi connectivity index (χ2v) is 6.14.